The Bertz CT molecular complexity index is 661. The summed E-state index contributed by atoms with van der Waals surface area (Å²) in [6.07, 6.45) is 5.19. The van der Waals surface area contributed by atoms with Crippen molar-refractivity contribution in [1.82, 2.24) is 0 Å². The van der Waals surface area contributed by atoms with Gasteiger partial charge in [-0.2, -0.15) is 0 Å². The SMILES string of the molecule is COC(c1ccccc1)[C@H]1CCC(C)[C@@H](CCc2ccccc2)C1(C)C. The van der Waals surface area contributed by atoms with Crippen molar-refractivity contribution in [2.75, 3.05) is 7.11 Å². The largest absolute Gasteiger partial charge is 0.376 e. The van der Waals surface area contributed by atoms with Crippen molar-refractivity contribution in [1.29, 1.82) is 0 Å². The third-order valence-electron chi connectivity index (χ3n) is 6.87. The first kappa shape index (κ1) is 19.2. The number of ether oxygens (including phenoxy) is 1. The Balaban J connectivity index is 1.79. The van der Waals surface area contributed by atoms with Gasteiger partial charge in [0.2, 0.25) is 0 Å². The summed E-state index contributed by atoms with van der Waals surface area (Å²) >= 11 is 0. The van der Waals surface area contributed by atoms with Gasteiger partial charge in [0.15, 0.2) is 0 Å². The van der Waals surface area contributed by atoms with E-state index in [-0.39, 0.29) is 11.5 Å². The normalized spacial score (nSPS) is 26.4. The summed E-state index contributed by atoms with van der Waals surface area (Å²) in [6.45, 7) is 7.42. The smallest absolute Gasteiger partial charge is 0.0854 e. The van der Waals surface area contributed by atoms with Gasteiger partial charge < -0.3 is 4.74 Å². The molecule has 140 valence electrons. The van der Waals surface area contributed by atoms with E-state index in [2.05, 4.69) is 81.4 Å². The van der Waals surface area contributed by atoms with Gasteiger partial charge in [-0.1, -0.05) is 87.9 Å². The predicted molar refractivity (Wildman–Crippen MR) is 110 cm³/mol. The van der Waals surface area contributed by atoms with Gasteiger partial charge in [0.25, 0.3) is 0 Å². The quantitative estimate of drug-likeness (QED) is 0.563. The summed E-state index contributed by atoms with van der Waals surface area (Å²) in [5.74, 6) is 2.06. The van der Waals surface area contributed by atoms with E-state index in [1.165, 1.54) is 36.8 Å². The van der Waals surface area contributed by atoms with Crippen molar-refractivity contribution in [3.05, 3.63) is 71.8 Å². The number of methoxy groups -OCH3 is 1. The molecule has 0 amide bonds. The van der Waals surface area contributed by atoms with Crippen molar-refractivity contribution in [3.8, 4) is 0 Å². The zero-order valence-corrected chi connectivity index (χ0v) is 16.8. The highest BCUT2D eigenvalue weighted by Crippen LogP contribution is 2.54. The van der Waals surface area contributed by atoms with Crippen LogP contribution in [0.3, 0.4) is 0 Å². The standard InChI is InChI=1S/C25H34O/c1-19-15-17-23(24(26-4)21-13-9-6-10-14-21)25(2,3)22(19)18-16-20-11-7-5-8-12-20/h5-14,19,22-24H,15-18H2,1-4H3/t19?,22-,23-,24?/m1/s1. The fourth-order valence-electron chi connectivity index (χ4n) is 5.36. The summed E-state index contributed by atoms with van der Waals surface area (Å²) in [7, 11) is 1.88. The molecule has 26 heavy (non-hydrogen) atoms. The van der Waals surface area contributed by atoms with Gasteiger partial charge >= 0.3 is 0 Å². The van der Waals surface area contributed by atoms with Crippen LogP contribution in [-0.2, 0) is 11.2 Å². The number of rotatable bonds is 6. The van der Waals surface area contributed by atoms with Gasteiger partial charge in [0.1, 0.15) is 0 Å². The third-order valence-corrected chi connectivity index (χ3v) is 6.87. The fraction of sp³-hybridized carbons (Fsp3) is 0.520. The first-order valence-electron chi connectivity index (χ1n) is 10.2. The van der Waals surface area contributed by atoms with Gasteiger partial charge in [-0.05, 0) is 53.6 Å². The van der Waals surface area contributed by atoms with Gasteiger partial charge in [-0.25, -0.2) is 0 Å². The second kappa shape index (κ2) is 8.39. The summed E-state index contributed by atoms with van der Waals surface area (Å²) < 4.78 is 6.06. The molecule has 0 bridgehead atoms. The van der Waals surface area contributed by atoms with Crippen LogP contribution >= 0.6 is 0 Å². The molecular formula is C25H34O. The zero-order valence-electron chi connectivity index (χ0n) is 16.8. The van der Waals surface area contributed by atoms with Gasteiger partial charge in [0.05, 0.1) is 6.10 Å². The van der Waals surface area contributed by atoms with Crippen molar-refractivity contribution in [3.63, 3.8) is 0 Å². The summed E-state index contributed by atoms with van der Waals surface area (Å²) in [5, 5.41) is 0. The van der Waals surface area contributed by atoms with Crippen LogP contribution in [0.4, 0.5) is 0 Å². The van der Waals surface area contributed by atoms with E-state index in [1.54, 1.807) is 0 Å². The minimum atomic E-state index is 0.193. The lowest BCUT2D eigenvalue weighted by Crippen LogP contribution is -2.44. The van der Waals surface area contributed by atoms with Crippen LogP contribution in [0.2, 0.25) is 0 Å². The second-order valence-electron chi connectivity index (χ2n) is 8.68. The molecule has 4 atom stereocenters. The molecule has 1 saturated carbocycles. The van der Waals surface area contributed by atoms with E-state index >= 15 is 0 Å². The van der Waals surface area contributed by atoms with Crippen LogP contribution in [0.5, 0.6) is 0 Å². The molecule has 2 unspecified atom stereocenters. The van der Waals surface area contributed by atoms with Crippen LogP contribution in [-0.4, -0.2) is 7.11 Å². The van der Waals surface area contributed by atoms with Gasteiger partial charge in [-0.15, -0.1) is 0 Å². The molecule has 0 radical (unpaired) electrons. The van der Waals surface area contributed by atoms with E-state index < -0.39 is 0 Å². The average Bonchev–Trinajstić information content (AvgIpc) is 2.65. The Labute approximate surface area is 159 Å². The highest BCUT2D eigenvalue weighted by atomic mass is 16.5. The monoisotopic (exact) mass is 350 g/mol. The Kier molecular flexibility index (Phi) is 6.19. The van der Waals surface area contributed by atoms with Crippen LogP contribution < -0.4 is 0 Å². The van der Waals surface area contributed by atoms with Crippen LogP contribution in [0, 0.1) is 23.2 Å². The van der Waals surface area contributed by atoms with E-state index in [0.717, 1.165) is 11.8 Å². The third kappa shape index (κ3) is 4.04. The second-order valence-corrected chi connectivity index (χ2v) is 8.68. The fourth-order valence-corrected chi connectivity index (χ4v) is 5.36. The molecule has 3 rings (SSSR count). The number of hydrogen-bond acceptors (Lipinski definition) is 1. The average molecular weight is 351 g/mol. The van der Waals surface area contributed by atoms with Crippen molar-refractivity contribution < 1.29 is 4.74 Å². The Morgan fingerprint density at radius 3 is 2.19 bits per heavy atom. The molecule has 0 spiro atoms. The van der Waals surface area contributed by atoms with Crippen molar-refractivity contribution in [2.24, 2.45) is 23.2 Å². The minimum absolute atomic E-state index is 0.193. The molecule has 1 heteroatoms. The van der Waals surface area contributed by atoms with Crippen LogP contribution in [0.25, 0.3) is 0 Å². The molecule has 0 aromatic heterocycles. The van der Waals surface area contributed by atoms with E-state index in [9.17, 15) is 0 Å². The molecule has 1 aliphatic carbocycles. The molecular weight excluding hydrogens is 316 g/mol. The van der Waals surface area contributed by atoms with Crippen molar-refractivity contribution >= 4 is 0 Å². The minimum Gasteiger partial charge on any atom is -0.376 e. The summed E-state index contributed by atoms with van der Waals surface area (Å²) in [5.41, 5.74) is 3.05. The van der Waals surface area contributed by atoms with Crippen molar-refractivity contribution in [2.45, 2.75) is 52.6 Å². The number of benzene rings is 2. The van der Waals surface area contributed by atoms with Gasteiger partial charge in [-0.3, -0.25) is 0 Å². The molecule has 1 fully saturated rings. The number of aryl methyl sites for hydroxylation is 1. The molecule has 2 aromatic carbocycles. The lowest BCUT2D eigenvalue weighted by Gasteiger charge is -2.51. The molecule has 0 aliphatic heterocycles. The maximum Gasteiger partial charge on any atom is 0.0854 e. The Hall–Kier alpha value is -1.60. The maximum atomic E-state index is 6.06. The predicted octanol–water partition coefficient (Wildman–Crippen LogP) is 6.70. The van der Waals surface area contributed by atoms with Gasteiger partial charge in [0, 0.05) is 7.11 Å². The first-order chi connectivity index (χ1) is 12.5. The van der Waals surface area contributed by atoms with E-state index in [1.807, 2.05) is 7.11 Å². The topological polar surface area (TPSA) is 9.23 Å². The zero-order chi connectivity index (χ0) is 18.6. The molecule has 0 heterocycles. The molecule has 1 nitrogen and oxygen atoms in total. The Morgan fingerprint density at radius 1 is 0.962 bits per heavy atom. The first-order valence-corrected chi connectivity index (χ1v) is 10.2. The maximum absolute atomic E-state index is 6.06. The molecule has 1 aliphatic rings. The van der Waals surface area contributed by atoms with E-state index in [0.29, 0.717) is 5.92 Å². The summed E-state index contributed by atoms with van der Waals surface area (Å²) in [6, 6.07) is 21.7. The molecule has 2 aromatic rings. The van der Waals surface area contributed by atoms with E-state index in [4.69, 9.17) is 4.74 Å². The Morgan fingerprint density at radius 2 is 1.58 bits per heavy atom. The van der Waals surface area contributed by atoms with Crippen LogP contribution in [0.1, 0.15) is 57.3 Å². The lowest BCUT2D eigenvalue weighted by molar-refractivity contribution is -0.0730. The molecule has 0 N–H and O–H groups in total. The molecule has 0 saturated heterocycles. The highest BCUT2D eigenvalue weighted by molar-refractivity contribution is 5.20. The lowest BCUT2D eigenvalue weighted by atomic mass is 9.55. The summed E-state index contributed by atoms with van der Waals surface area (Å²) in [4.78, 5) is 0. The highest BCUT2D eigenvalue weighted by Gasteiger charge is 2.46. The van der Waals surface area contributed by atoms with Crippen LogP contribution in [0.15, 0.2) is 60.7 Å². The number of hydrogen-bond donors (Lipinski definition) is 0.